The van der Waals surface area contributed by atoms with E-state index in [0.717, 1.165) is 30.0 Å². The van der Waals surface area contributed by atoms with Crippen molar-refractivity contribution in [3.63, 3.8) is 0 Å². The Hall–Kier alpha value is -2.81. The first kappa shape index (κ1) is 21.1. The summed E-state index contributed by atoms with van der Waals surface area (Å²) < 4.78 is 13.3. The van der Waals surface area contributed by atoms with Crippen molar-refractivity contribution in [3.8, 4) is 0 Å². The zero-order valence-electron chi connectivity index (χ0n) is 17.2. The molecule has 0 N–H and O–H groups in total. The van der Waals surface area contributed by atoms with Crippen LogP contribution in [-0.4, -0.2) is 52.6 Å². The number of halogens is 1. The van der Waals surface area contributed by atoms with Crippen LogP contribution in [0.15, 0.2) is 64.2 Å². The summed E-state index contributed by atoms with van der Waals surface area (Å²) in [6.07, 6.45) is 0. The molecule has 0 radical (unpaired) electrons. The third kappa shape index (κ3) is 4.53. The summed E-state index contributed by atoms with van der Waals surface area (Å²) in [6.45, 7) is 3.47. The number of thioether (sulfide) groups is 1. The highest BCUT2D eigenvalue weighted by Crippen LogP contribution is 2.27. The lowest BCUT2D eigenvalue weighted by Crippen LogP contribution is -2.38. The molecule has 1 fully saturated rings. The summed E-state index contributed by atoms with van der Waals surface area (Å²) >= 11 is 7.40. The predicted molar refractivity (Wildman–Crippen MR) is 125 cm³/mol. The zero-order valence-corrected chi connectivity index (χ0v) is 18.8. The van der Waals surface area contributed by atoms with Crippen LogP contribution in [0, 0.1) is 0 Å². The van der Waals surface area contributed by atoms with Crippen LogP contribution in [0.3, 0.4) is 0 Å². The Balaban J connectivity index is 1.37. The molecule has 0 bridgehead atoms. The molecule has 1 aliphatic heterocycles. The topological polar surface area (TPSA) is 73.4 Å². The van der Waals surface area contributed by atoms with Gasteiger partial charge in [0, 0.05) is 23.5 Å². The Morgan fingerprint density at radius 1 is 1.06 bits per heavy atom. The van der Waals surface area contributed by atoms with E-state index in [4.69, 9.17) is 20.8 Å². The average Bonchev–Trinajstić information content (AvgIpc) is 3.42. The Kier molecular flexibility index (Phi) is 6.16. The molecule has 0 unspecified atom stereocenters. The maximum Gasteiger partial charge on any atom is 0.228 e. The largest absolute Gasteiger partial charge is 0.453 e. The number of nitrogens with zero attached hydrogens (tertiary/aromatic N) is 4. The number of furan rings is 1. The maximum atomic E-state index is 12.8. The number of benzene rings is 2. The SMILES string of the molecule is O=C(CSc1nnc(N2CCOCC2)n1Cc1ccccc1)c1cc2cc(Cl)ccc2o1. The molecular weight excluding hydrogens is 448 g/mol. The van der Waals surface area contributed by atoms with Crippen LogP contribution in [0.1, 0.15) is 16.1 Å². The van der Waals surface area contributed by atoms with Crippen molar-refractivity contribution in [2.24, 2.45) is 0 Å². The number of anilines is 1. The lowest BCUT2D eigenvalue weighted by atomic mass is 10.2. The van der Waals surface area contributed by atoms with Crippen LogP contribution in [-0.2, 0) is 11.3 Å². The molecule has 0 amide bonds. The van der Waals surface area contributed by atoms with Crippen molar-refractivity contribution < 1.29 is 13.9 Å². The first-order chi connectivity index (χ1) is 15.7. The third-order valence-corrected chi connectivity index (χ3v) is 6.46. The van der Waals surface area contributed by atoms with Crippen LogP contribution in [0.2, 0.25) is 5.02 Å². The minimum absolute atomic E-state index is 0.107. The minimum atomic E-state index is -0.107. The summed E-state index contributed by atoms with van der Waals surface area (Å²) in [6, 6.07) is 17.2. The van der Waals surface area contributed by atoms with Gasteiger partial charge >= 0.3 is 0 Å². The van der Waals surface area contributed by atoms with Gasteiger partial charge in [-0.1, -0.05) is 53.7 Å². The van der Waals surface area contributed by atoms with Gasteiger partial charge in [0.2, 0.25) is 11.7 Å². The number of rotatable bonds is 7. The third-order valence-electron chi connectivity index (χ3n) is 5.26. The van der Waals surface area contributed by atoms with Crippen LogP contribution < -0.4 is 4.90 Å². The van der Waals surface area contributed by atoms with Crippen LogP contribution >= 0.6 is 23.4 Å². The van der Waals surface area contributed by atoms with Gasteiger partial charge in [-0.15, -0.1) is 10.2 Å². The number of carbonyl (C=O) groups is 1. The number of hydrogen-bond donors (Lipinski definition) is 0. The molecule has 2 aromatic carbocycles. The fourth-order valence-electron chi connectivity index (χ4n) is 3.64. The number of Topliss-reactive ketones (excluding diaryl/α,β-unsaturated/α-hetero) is 1. The smallest absolute Gasteiger partial charge is 0.228 e. The predicted octanol–water partition coefficient (Wildman–Crippen LogP) is 4.54. The summed E-state index contributed by atoms with van der Waals surface area (Å²) in [7, 11) is 0. The molecular formula is C23H21ClN4O3S. The monoisotopic (exact) mass is 468 g/mol. The maximum absolute atomic E-state index is 12.8. The van der Waals surface area contributed by atoms with Gasteiger partial charge in [-0.3, -0.25) is 9.36 Å². The summed E-state index contributed by atoms with van der Waals surface area (Å²) in [5.74, 6) is 1.20. The van der Waals surface area contributed by atoms with Crippen molar-refractivity contribution in [1.82, 2.24) is 14.8 Å². The number of ether oxygens (including phenoxy) is 1. The average molecular weight is 469 g/mol. The molecule has 0 atom stereocenters. The highest BCUT2D eigenvalue weighted by molar-refractivity contribution is 7.99. The summed E-state index contributed by atoms with van der Waals surface area (Å²) in [4.78, 5) is 15.0. The number of aromatic nitrogens is 3. The molecule has 0 aliphatic carbocycles. The van der Waals surface area contributed by atoms with E-state index < -0.39 is 0 Å². The van der Waals surface area contributed by atoms with Gasteiger partial charge in [0.15, 0.2) is 10.9 Å². The van der Waals surface area contributed by atoms with Crippen molar-refractivity contribution >= 4 is 46.1 Å². The molecule has 0 spiro atoms. The number of carbonyl (C=O) groups excluding carboxylic acids is 1. The van der Waals surface area contributed by atoms with E-state index in [0.29, 0.717) is 41.3 Å². The van der Waals surface area contributed by atoms with Gasteiger partial charge in [-0.2, -0.15) is 0 Å². The summed E-state index contributed by atoms with van der Waals surface area (Å²) in [5.41, 5.74) is 1.79. The number of morpholine rings is 1. The molecule has 5 rings (SSSR count). The van der Waals surface area contributed by atoms with E-state index in [1.807, 2.05) is 18.2 Å². The fourth-order valence-corrected chi connectivity index (χ4v) is 4.63. The Morgan fingerprint density at radius 3 is 2.69 bits per heavy atom. The van der Waals surface area contributed by atoms with E-state index in [-0.39, 0.29) is 11.5 Å². The second-order valence-electron chi connectivity index (χ2n) is 7.46. The highest BCUT2D eigenvalue weighted by Gasteiger charge is 2.22. The van der Waals surface area contributed by atoms with Crippen molar-refractivity contribution in [2.45, 2.75) is 11.7 Å². The van der Waals surface area contributed by atoms with Gasteiger partial charge in [0.25, 0.3) is 0 Å². The quantitative estimate of drug-likeness (QED) is 0.291. The summed E-state index contributed by atoms with van der Waals surface area (Å²) in [5, 5.41) is 11.0. The second-order valence-corrected chi connectivity index (χ2v) is 8.84. The van der Waals surface area contributed by atoms with E-state index in [2.05, 4.69) is 31.8 Å². The Morgan fingerprint density at radius 2 is 1.88 bits per heavy atom. The van der Waals surface area contributed by atoms with Gasteiger partial charge in [-0.05, 0) is 29.8 Å². The van der Waals surface area contributed by atoms with E-state index in [1.54, 1.807) is 24.3 Å². The first-order valence-corrected chi connectivity index (χ1v) is 11.7. The fraction of sp³-hybridized carbons (Fsp3) is 0.261. The number of ketones is 1. The van der Waals surface area contributed by atoms with Crippen LogP contribution in [0.5, 0.6) is 0 Å². The first-order valence-electron chi connectivity index (χ1n) is 10.3. The zero-order chi connectivity index (χ0) is 21.9. The van der Waals surface area contributed by atoms with E-state index >= 15 is 0 Å². The Bertz CT molecular complexity index is 1230. The lowest BCUT2D eigenvalue weighted by molar-refractivity contribution is 0.0994. The van der Waals surface area contributed by atoms with E-state index in [1.165, 1.54) is 11.8 Å². The highest BCUT2D eigenvalue weighted by atomic mass is 35.5. The van der Waals surface area contributed by atoms with Crippen molar-refractivity contribution in [1.29, 1.82) is 0 Å². The van der Waals surface area contributed by atoms with Gasteiger partial charge in [-0.25, -0.2) is 0 Å². The van der Waals surface area contributed by atoms with Crippen molar-refractivity contribution in [2.75, 3.05) is 37.0 Å². The molecule has 3 heterocycles. The second kappa shape index (κ2) is 9.36. The molecule has 9 heteroatoms. The van der Waals surface area contributed by atoms with Gasteiger partial charge in [0.1, 0.15) is 5.58 Å². The minimum Gasteiger partial charge on any atom is -0.453 e. The molecule has 7 nitrogen and oxygen atoms in total. The molecule has 0 saturated carbocycles. The molecule has 2 aromatic heterocycles. The van der Waals surface area contributed by atoms with Gasteiger partial charge in [0.05, 0.1) is 25.5 Å². The van der Waals surface area contributed by atoms with Crippen LogP contribution in [0.25, 0.3) is 11.0 Å². The standard InChI is InChI=1S/C23H21ClN4O3S/c24-18-6-7-20-17(12-18)13-21(31-20)19(29)15-32-23-26-25-22(27-8-10-30-11-9-27)28(23)14-16-4-2-1-3-5-16/h1-7,12-13H,8-11,14-15H2. The van der Waals surface area contributed by atoms with Crippen LogP contribution in [0.4, 0.5) is 5.95 Å². The van der Waals surface area contributed by atoms with Crippen molar-refractivity contribution in [3.05, 3.63) is 70.9 Å². The molecule has 164 valence electrons. The normalized spacial score (nSPS) is 14.2. The Labute approximate surface area is 194 Å². The van der Waals surface area contributed by atoms with E-state index in [9.17, 15) is 4.79 Å². The molecule has 32 heavy (non-hydrogen) atoms. The number of fused-ring (bicyclic) bond motifs is 1. The van der Waals surface area contributed by atoms with Gasteiger partial charge < -0.3 is 14.1 Å². The molecule has 4 aromatic rings. The number of hydrogen-bond acceptors (Lipinski definition) is 7. The molecule has 1 aliphatic rings. The molecule has 1 saturated heterocycles. The lowest BCUT2D eigenvalue weighted by Gasteiger charge is -2.28.